The quantitative estimate of drug-likeness (QED) is 0.872. The van der Waals surface area contributed by atoms with Crippen LogP contribution in [0.2, 0.25) is 0 Å². The molecule has 1 aliphatic rings. The van der Waals surface area contributed by atoms with Gasteiger partial charge < -0.3 is 10.1 Å². The topological polar surface area (TPSA) is 48.3 Å². The zero-order valence-electron chi connectivity index (χ0n) is 10.3. The van der Waals surface area contributed by atoms with Crippen molar-refractivity contribution in [1.82, 2.24) is 10.2 Å². The standard InChI is InChI=1S/C13H16FN3O/c1-18-13-3-2-11(14)6-10(13)9-17-5-4-16-8-12(17)7-15/h2-3,6,12,16H,4-5,8-9H2,1H3. The molecule has 1 N–H and O–H groups in total. The fourth-order valence-electron chi connectivity index (χ4n) is 2.15. The number of piperazine rings is 1. The Bertz CT molecular complexity index is 458. The summed E-state index contributed by atoms with van der Waals surface area (Å²) in [5, 5.41) is 12.3. The Labute approximate surface area is 106 Å². The first kappa shape index (κ1) is 12.8. The third kappa shape index (κ3) is 2.78. The van der Waals surface area contributed by atoms with Gasteiger partial charge in [0.05, 0.1) is 13.2 Å². The second-order valence-corrected chi connectivity index (χ2v) is 4.28. The summed E-state index contributed by atoms with van der Waals surface area (Å²) in [7, 11) is 1.57. The van der Waals surface area contributed by atoms with Crippen molar-refractivity contribution in [2.75, 3.05) is 26.7 Å². The van der Waals surface area contributed by atoms with E-state index in [0.29, 0.717) is 18.8 Å². The van der Waals surface area contributed by atoms with Crippen molar-refractivity contribution in [3.8, 4) is 11.8 Å². The van der Waals surface area contributed by atoms with Crippen LogP contribution in [0.4, 0.5) is 4.39 Å². The fraction of sp³-hybridized carbons (Fsp3) is 0.462. The largest absolute Gasteiger partial charge is 0.496 e. The maximum atomic E-state index is 13.3. The summed E-state index contributed by atoms with van der Waals surface area (Å²) in [6, 6.07) is 6.54. The van der Waals surface area contributed by atoms with Crippen LogP contribution < -0.4 is 10.1 Å². The Morgan fingerprint density at radius 2 is 2.44 bits per heavy atom. The SMILES string of the molecule is COc1ccc(F)cc1CN1CCNCC1C#N. The first-order valence-electron chi connectivity index (χ1n) is 5.91. The number of hydrogen-bond acceptors (Lipinski definition) is 4. The average Bonchev–Trinajstić information content (AvgIpc) is 2.40. The minimum atomic E-state index is -0.283. The van der Waals surface area contributed by atoms with Gasteiger partial charge in [-0.25, -0.2) is 4.39 Å². The molecule has 1 heterocycles. The van der Waals surface area contributed by atoms with Crippen LogP contribution in [0, 0.1) is 17.1 Å². The number of rotatable bonds is 3. The first-order valence-corrected chi connectivity index (χ1v) is 5.91. The number of ether oxygens (including phenoxy) is 1. The Balaban J connectivity index is 2.17. The molecule has 0 bridgehead atoms. The summed E-state index contributed by atoms with van der Waals surface area (Å²) in [6.07, 6.45) is 0. The molecule has 0 spiro atoms. The summed E-state index contributed by atoms with van der Waals surface area (Å²) < 4.78 is 18.5. The molecule has 1 atom stereocenters. The number of methoxy groups -OCH3 is 1. The minimum Gasteiger partial charge on any atom is -0.496 e. The molecule has 5 heteroatoms. The van der Waals surface area contributed by atoms with Crippen molar-refractivity contribution in [3.63, 3.8) is 0 Å². The van der Waals surface area contributed by atoms with Gasteiger partial charge in [-0.2, -0.15) is 5.26 Å². The molecular weight excluding hydrogens is 233 g/mol. The van der Waals surface area contributed by atoms with Crippen molar-refractivity contribution in [2.24, 2.45) is 0 Å². The lowest BCUT2D eigenvalue weighted by Crippen LogP contribution is -2.50. The molecule has 0 radical (unpaired) electrons. The molecule has 0 aromatic heterocycles. The van der Waals surface area contributed by atoms with E-state index < -0.39 is 0 Å². The molecule has 1 aromatic rings. The normalized spacial score (nSPS) is 20.4. The van der Waals surface area contributed by atoms with Gasteiger partial charge in [0.1, 0.15) is 17.6 Å². The third-order valence-electron chi connectivity index (χ3n) is 3.12. The van der Waals surface area contributed by atoms with Gasteiger partial charge in [-0.3, -0.25) is 4.90 Å². The number of nitrogens with zero attached hydrogens (tertiary/aromatic N) is 2. The molecule has 2 rings (SSSR count). The molecule has 0 amide bonds. The Kier molecular flexibility index (Phi) is 4.13. The molecule has 1 aromatic carbocycles. The summed E-state index contributed by atoms with van der Waals surface area (Å²) in [6.45, 7) is 2.79. The van der Waals surface area contributed by atoms with E-state index in [9.17, 15) is 4.39 Å². The fourth-order valence-corrected chi connectivity index (χ4v) is 2.15. The second kappa shape index (κ2) is 5.80. The molecule has 1 unspecified atom stereocenters. The van der Waals surface area contributed by atoms with E-state index in [1.54, 1.807) is 13.2 Å². The number of nitriles is 1. The van der Waals surface area contributed by atoms with Crippen LogP contribution in [0.25, 0.3) is 0 Å². The van der Waals surface area contributed by atoms with E-state index in [1.807, 2.05) is 4.90 Å². The zero-order valence-corrected chi connectivity index (χ0v) is 10.3. The highest BCUT2D eigenvalue weighted by Crippen LogP contribution is 2.22. The van der Waals surface area contributed by atoms with Gasteiger partial charge in [-0.1, -0.05) is 0 Å². The highest BCUT2D eigenvalue weighted by atomic mass is 19.1. The van der Waals surface area contributed by atoms with Gasteiger partial charge in [0.15, 0.2) is 0 Å². The monoisotopic (exact) mass is 249 g/mol. The zero-order chi connectivity index (χ0) is 13.0. The molecule has 96 valence electrons. The van der Waals surface area contributed by atoms with Crippen LogP contribution in [0.15, 0.2) is 18.2 Å². The van der Waals surface area contributed by atoms with E-state index in [-0.39, 0.29) is 11.9 Å². The van der Waals surface area contributed by atoms with Crippen LogP contribution >= 0.6 is 0 Å². The van der Waals surface area contributed by atoms with E-state index in [1.165, 1.54) is 12.1 Å². The van der Waals surface area contributed by atoms with Crippen LogP contribution in [0.3, 0.4) is 0 Å². The minimum absolute atomic E-state index is 0.174. The molecular formula is C13H16FN3O. The maximum Gasteiger partial charge on any atom is 0.123 e. The molecule has 4 nitrogen and oxygen atoms in total. The van der Waals surface area contributed by atoms with Gasteiger partial charge >= 0.3 is 0 Å². The van der Waals surface area contributed by atoms with Gasteiger partial charge in [-0.15, -0.1) is 0 Å². The lowest BCUT2D eigenvalue weighted by atomic mass is 10.1. The summed E-state index contributed by atoms with van der Waals surface area (Å²) in [5.41, 5.74) is 0.777. The van der Waals surface area contributed by atoms with E-state index in [0.717, 1.165) is 18.7 Å². The van der Waals surface area contributed by atoms with Crippen molar-refractivity contribution < 1.29 is 9.13 Å². The van der Waals surface area contributed by atoms with Crippen molar-refractivity contribution >= 4 is 0 Å². The Morgan fingerprint density at radius 3 is 3.17 bits per heavy atom. The highest BCUT2D eigenvalue weighted by Gasteiger charge is 2.22. The number of hydrogen-bond donors (Lipinski definition) is 1. The third-order valence-corrected chi connectivity index (χ3v) is 3.12. The van der Waals surface area contributed by atoms with Crippen molar-refractivity contribution in [1.29, 1.82) is 5.26 Å². The van der Waals surface area contributed by atoms with Gasteiger partial charge in [0.2, 0.25) is 0 Å². The van der Waals surface area contributed by atoms with Gasteiger partial charge in [-0.05, 0) is 18.2 Å². The molecule has 0 saturated carbocycles. The van der Waals surface area contributed by atoms with E-state index in [2.05, 4.69) is 11.4 Å². The van der Waals surface area contributed by atoms with E-state index >= 15 is 0 Å². The lowest BCUT2D eigenvalue weighted by Gasteiger charge is -2.32. The number of nitrogens with one attached hydrogen (secondary N) is 1. The summed E-state index contributed by atoms with van der Waals surface area (Å²) >= 11 is 0. The average molecular weight is 249 g/mol. The smallest absolute Gasteiger partial charge is 0.123 e. The van der Waals surface area contributed by atoms with Crippen molar-refractivity contribution in [2.45, 2.75) is 12.6 Å². The first-order chi connectivity index (χ1) is 8.74. The number of halogens is 1. The van der Waals surface area contributed by atoms with Crippen molar-refractivity contribution in [3.05, 3.63) is 29.6 Å². The Morgan fingerprint density at radius 1 is 1.61 bits per heavy atom. The predicted octanol–water partition coefficient (Wildman–Crippen LogP) is 1.13. The van der Waals surface area contributed by atoms with Gasteiger partial charge in [0, 0.05) is 31.7 Å². The molecule has 18 heavy (non-hydrogen) atoms. The van der Waals surface area contributed by atoms with Gasteiger partial charge in [0.25, 0.3) is 0 Å². The molecule has 1 saturated heterocycles. The second-order valence-electron chi connectivity index (χ2n) is 4.28. The number of benzene rings is 1. The van der Waals surface area contributed by atoms with Crippen LogP contribution in [0.1, 0.15) is 5.56 Å². The molecule has 0 aliphatic carbocycles. The molecule has 1 aliphatic heterocycles. The lowest BCUT2D eigenvalue weighted by molar-refractivity contribution is 0.187. The predicted molar refractivity (Wildman–Crippen MR) is 65.6 cm³/mol. The van der Waals surface area contributed by atoms with E-state index in [4.69, 9.17) is 10.00 Å². The maximum absolute atomic E-state index is 13.3. The summed E-state index contributed by atoms with van der Waals surface area (Å²) in [5.74, 6) is 0.376. The highest BCUT2D eigenvalue weighted by molar-refractivity contribution is 5.34. The molecule has 1 fully saturated rings. The summed E-state index contributed by atoms with van der Waals surface area (Å²) in [4.78, 5) is 2.04. The van der Waals surface area contributed by atoms with Crippen LogP contribution in [0.5, 0.6) is 5.75 Å². The van der Waals surface area contributed by atoms with Crippen LogP contribution in [-0.2, 0) is 6.54 Å². The Hall–Kier alpha value is -1.64. The van der Waals surface area contributed by atoms with Crippen LogP contribution in [-0.4, -0.2) is 37.7 Å².